The summed E-state index contributed by atoms with van der Waals surface area (Å²) in [5, 5.41) is 3.21. The molecule has 1 amide bonds. The maximum absolute atomic E-state index is 14.7. The van der Waals surface area contributed by atoms with E-state index in [9.17, 15) is 13.6 Å². The van der Waals surface area contributed by atoms with Crippen molar-refractivity contribution < 1.29 is 23.0 Å². The van der Waals surface area contributed by atoms with Gasteiger partial charge in [0.15, 0.2) is 11.6 Å². The fourth-order valence-corrected chi connectivity index (χ4v) is 3.14. The molecule has 1 fully saturated rings. The van der Waals surface area contributed by atoms with Crippen LogP contribution in [0.5, 0.6) is 5.75 Å². The second-order valence-corrected chi connectivity index (χ2v) is 6.63. The molecule has 158 valence electrons. The number of ether oxygens (including phenoxy) is 2. The first-order chi connectivity index (χ1) is 13.6. The highest BCUT2D eigenvalue weighted by Crippen LogP contribution is 2.25. The number of nitrogens with one attached hydrogen (secondary N) is 1. The van der Waals surface area contributed by atoms with E-state index in [1.165, 1.54) is 6.07 Å². The first kappa shape index (κ1) is 22.9. The molecule has 0 radical (unpaired) electrons. The molecule has 1 heterocycles. The minimum atomic E-state index is -0.851. The van der Waals surface area contributed by atoms with Crippen LogP contribution in [-0.2, 0) is 18.0 Å². The van der Waals surface area contributed by atoms with E-state index < -0.39 is 24.3 Å². The zero-order valence-electron chi connectivity index (χ0n) is 16.2. The minimum Gasteiger partial charge on any atom is -0.486 e. The molecular formula is C21H25ClF2N2O3. The molecule has 1 saturated heterocycles. The van der Waals surface area contributed by atoms with E-state index in [2.05, 4.69) is 5.32 Å². The van der Waals surface area contributed by atoms with E-state index in [-0.39, 0.29) is 36.4 Å². The molecule has 0 spiro atoms. The fourth-order valence-electron chi connectivity index (χ4n) is 3.14. The molecule has 2 aromatic rings. The number of piperazine rings is 1. The predicted molar refractivity (Wildman–Crippen MR) is 108 cm³/mol. The molecule has 2 aromatic carbocycles. The van der Waals surface area contributed by atoms with Crippen molar-refractivity contribution >= 4 is 18.5 Å². The predicted octanol–water partition coefficient (Wildman–Crippen LogP) is 4.29. The molecular weight excluding hydrogens is 402 g/mol. The summed E-state index contributed by atoms with van der Waals surface area (Å²) in [5.41, 5.74) is 0.547. The minimum absolute atomic E-state index is 0. The standard InChI is InChI=1S/C21H24F2N2O3.ClH/c1-2-16-12-24-10-11-25(16)21(26)28-14-17-18(22)8-9-19(20(17)23)27-13-15-6-4-3-5-7-15;/h3-9,16,24H,2,10-14H2,1H3;1H. The van der Waals surface area contributed by atoms with Gasteiger partial charge < -0.3 is 19.7 Å². The van der Waals surface area contributed by atoms with Gasteiger partial charge in [-0.1, -0.05) is 37.3 Å². The summed E-state index contributed by atoms with van der Waals surface area (Å²) in [6.45, 7) is 3.49. The van der Waals surface area contributed by atoms with Crippen LogP contribution >= 0.6 is 12.4 Å². The van der Waals surface area contributed by atoms with Crippen LogP contribution in [0.1, 0.15) is 24.5 Å². The second kappa shape index (κ2) is 11.0. The molecule has 1 atom stereocenters. The Labute approximate surface area is 175 Å². The molecule has 1 unspecified atom stereocenters. The third-order valence-corrected chi connectivity index (χ3v) is 4.78. The second-order valence-electron chi connectivity index (χ2n) is 6.63. The number of amides is 1. The van der Waals surface area contributed by atoms with Crippen molar-refractivity contribution in [1.82, 2.24) is 10.2 Å². The number of nitrogens with zero attached hydrogens (tertiary/aromatic N) is 1. The lowest BCUT2D eigenvalue weighted by Gasteiger charge is -2.34. The molecule has 0 aromatic heterocycles. The molecule has 0 aliphatic carbocycles. The van der Waals surface area contributed by atoms with Gasteiger partial charge in [0.05, 0.1) is 5.56 Å². The van der Waals surface area contributed by atoms with Crippen molar-refractivity contribution in [2.45, 2.75) is 32.6 Å². The van der Waals surface area contributed by atoms with E-state index in [0.29, 0.717) is 19.6 Å². The van der Waals surface area contributed by atoms with Crippen molar-refractivity contribution in [2.24, 2.45) is 0 Å². The number of carbonyl (C=O) groups excluding carboxylic acids is 1. The van der Waals surface area contributed by atoms with Gasteiger partial charge in [-0.15, -0.1) is 12.4 Å². The third-order valence-electron chi connectivity index (χ3n) is 4.78. The lowest BCUT2D eigenvalue weighted by Crippen LogP contribution is -2.53. The normalized spacial score (nSPS) is 16.1. The molecule has 0 bridgehead atoms. The summed E-state index contributed by atoms with van der Waals surface area (Å²) in [7, 11) is 0. The lowest BCUT2D eigenvalue weighted by atomic mass is 10.1. The summed E-state index contributed by atoms with van der Waals surface area (Å²) in [5.74, 6) is -1.70. The Morgan fingerprint density at radius 3 is 2.66 bits per heavy atom. The molecule has 1 aliphatic heterocycles. The monoisotopic (exact) mass is 426 g/mol. The molecule has 5 nitrogen and oxygen atoms in total. The highest BCUT2D eigenvalue weighted by molar-refractivity contribution is 5.85. The lowest BCUT2D eigenvalue weighted by molar-refractivity contribution is 0.0697. The van der Waals surface area contributed by atoms with Crippen LogP contribution in [0, 0.1) is 11.6 Å². The summed E-state index contributed by atoms with van der Waals surface area (Å²) >= 11 is 0. The van der Waals surface area contributed by atoms with E-state index in [1.54, 1.807) is 4.90 Å². The zero-order chi connectivity index (χ0) is 19.9. The number of rotatable bonds is 6. The molecule has 8 heteroatoms. The zero-order valence-corrected chi connectivity index (χ0v) is 17.0. The summed E-state index contributed by atoms with van der Waals surface area (Å²) in [4.78, 5) is 14.0. The SMILES string of the molecule is CCC1CNCCN1C(=O)OCc1c(F)ccc(OCc2ccccc2)c1F.Cl. The highest BCUT2D eigenvalue weighted by Gasteiger charge is 2.27. The first-order valence-electron chi connectivity index (χ1n) is 9.37. The van der Waals surface area contributed by atoms with Gasteiger partial charge >= 0.3 is 6.09 Å². The van der Waals surface area contributed by atoms with Crippen LogP contribution in [0.4, 0.5) is 13.6 Å². The Balaban J connectivity index is 0.00000300. The van der Waals surface area contributed by atoms with Crippen LogP contribution in [0.2, 0.25) is 0 Å². The fraction of sp³-hybridized carbons (Fsp3) is 0.381. The third kappa shape index (κ3) is 5.81. The van der Waals surface area contributed by atoms with E-state index >= 15 is 0 Å². The van der Waals surface area contributed by atoms with Crippen molar-refractivity contribution in [2.75, 3.05) is 19.6 Å². The van der Waals surface area contributed by atoms with Gasteiger partial charge in [0.1, 0.15) is 19.0 Å². The Kier molecular flexibility index (Phi) is 8.67. The van der Waals surface area contributed by atoms with Crippen LogP contribution in [0.15, 0.2) is 42.5 Å². The molecule has 1 aliphatic rings. The topological polar surface area (TPSA) is 50.8 Å². The number of carbonyl (C=O) groups is 1. The Hall–Kier alpha value is -2.38. The van der Waals surface area contributed by atoms with Gasteiger partial charge in [-0.3, -0.25) is 0 Å². The van der Waals surface area contributed by atoms with Crippen LogP contribution in [-0.4, -0.2) is 36.7 Å². The van der Waals surface area contributed by atoms with E-state index in [0.717, 1.165) is 18.1 Å². The van der Waals surface area contributed by atoms with Crippen LogP contribution < -0.4 is 10.1 Å². The number of benzene rings is 2. The van der Waals surface area contributed by atoms with E-state index in [1.807, 2.05) is 37.3 Å². The van der Waals surface area contributed by atoms with E-state index in [4.69, 9.17) is 9.47 Å². The Morgan fingerprint density at radius 1 is 1.17 bits per heavy atom. The van der Waals surface area contributed by atoms with Gasteiger partial charge in [0, 0.05) is 25.7 Å². The van der Waals surface area contributed by atoms with Crippen LogP contribution in [0.3, 0.4) is 0 Å². The summed E-state index contributed by atoms with van der Waals surface area (Å²) in [6, 6.07) is 11.6. The van der Waals surface area contributed by atoms with Crippen molar-refractivity contribution in [3.05, 3.63) is 65.2 Å². The summed E-state index contributed by atoms with van der Waals surface area (Å²) < 4.78 is 39.5. The van der Waals surface area contributed by atoms with Crippen molar-refractivity contribution in [3.63, 3.8) is 0 Å². The smallest absolute Gasteiger partial charge is 0.410 e. The molecule has 3 rings (SSSR count). The van der Waals surface area contributed by atoms with Crippen LogP contribution in [0.25, 0.3) is 0 Å². The highest BCUT2D eigenvalue weighted by atomic mass is 35.5. The molecule has 0 saturated carbocycles. The van der Waals surface area contributed by atoms with Gasteiger partial charge in [-0.25, -0.2) is 13.6 Å². The largest absolute Gasteiger partial charge is 0.486 e. The van der Waals surface area contributed by atoms with Gasteiger partial charge in [-0.2, -0.15) is 0 Å². The average molecular weight is 427 g/mol. The maximum Gasteiger partial charge on any atom is 0.410 e. The number of hydrogen-bond donors (Lipinski definition) is 1. The molecule has 29 heavy (non-hydrogen) atoms. The summed E-state index contributed by atoms with van der Waals surface area (Å²) in [6.07, 6.45) is 0.205. The van der Waals surface area contributed by atoms with Crippen molar-refractivity contribution in [1.29, 1.82) is 0 Å². The molecule has 1 N–H and O–H groups in total. The quantitative estimate of drug-likeness (QED) is 0.748. The number of hydrogen-bond acceptors (Lipinski definition) is 4. The van der Waals surface area contributed by atoms with Crippen molar-refractivity contribution in [3.8, 4) is 5.75 Å². The average Bonchev–Trinajstić information content (AvgIpc) is 2.73. The Bertz CT molecular complexity index is 808. The van der Waals surface area contributed by atoms with Gasteiger partial charge in [0.2, 0.25) is 0 Å². The van der Waals surface area contributed by atoms with Gasteiger partial charge in [0.25, 0.3) is 0 Å². The first-order valence-corrected chi connectivity index (χ1v) is 9.37. The number of halogens is 3. The maximum atomic E-state index is 14.7. The van der Waals surface area contributed by atoms with Gasteiger partial charge in [-0.05, 0) is 24.1 Å². The Morgan fingerprint density at radius 2 is 1.93 bits per heavy atom.